The molecule has 0 aliphatic carbocycles. The smallest absolute Gasteiger partial charge is 0.258 e. The molecule has 12 aromatic rings. The molecule has 1 saturated heterocycles. The molecule has 0 bridgehead atoms. The first-order valence-corrected chi connectivity index (χ1v) is 28.9. The van der Waals surface area contributed by atoms with Crippen LogP contribution < -0.4 is 45.1 Å². The Hall–Kier alpha value is -7.27. The van der Waals surface area contributed by atoms with E-state index in [-0.39, 0.29) is 0 Å². The predicted octanol–water partition coefficient (Wildman–Crippen LogP) is 9.46. The molecular formula is C60H45N3Si3. The van der Waals surface area contributed by atoms with Crippen molar-refractivity contribution in [3.63, 3.8) is 0 Å². The number of hydrogen-bond donors (Lipinski definition) is 3. The van der Waals surface area contributed by atoms with Gasteiger partial charge in [0.2, 0.25) is 0 Å². The van der Waals surface area contributed by atoms with Gasteiger partial charge in [0.1, 0.15) is 0 Å². The second-order valence-corrected chi connectivity index (χ2v) is 28.5. The quantitative estimate of drug-likeness (QED) is 0.146. The van der Waals surface area contributed by atoms with Crippen molar-refractivity contribution in [3.05, 3.63) is 255 Å². The van der Waals surface area contributed by atoms with E-state index in [0.29, 0.717) is 0 Å². The van der Waals surface area contributed by atoms with Crippen LogP contribution in [0.4, 0.5) is 0 Å². The van der Waals surface area contributed by atoms with Gasteiger partial charge in [-0.25, -0.2) is 0 Å². The lowest BCUT2D eigenvalue weighted by Crippen LogP contribution is -3.06. The summed E-state index contributed by atoms with van der Waals surface area (Å²) in [6.45, 7) is 0. The van der Waals surface area contributed by atoms with Crippen LogP contribution in [0.3, 0.4) is 0 Å². The van der Waals surface area contributed by atoms with Crippen molar-refractivity contribution < 1.29 is 0 Å². The highest BCUT2D eigenvalue weighted by Gasteiger charge is 2.63. The van der Waals surface area contributed by atoms with E-state index in [1.165, 1.54) is 95.8 Å². The second-order valence-electron chi connectivity index (χ2n) is 17.8. The molecule has 0 radical (unpaired) electrons. The van der Waals surface area contributed by atoms with Gasteiger partial charge in [-0.15, -0.1) is 0 Å². The summed E-state index contributed by atoms with van der Waals surface area (Å²) < 4.78 is 15.0. The van der Waals surface area contributed by atoms with Gasteiger partial charge in [-0.2, -0.15) is 0 Å². The van der Waals surface area contributed by atoms with Crippen LogP contribution in [0.25, 0.3) is 64.6 Å². The van der Waals surface area contributed by atoms with Crippen LogP contribution >= 0.6 is 0 Å². The molecule has 312 valence electrons. The lowest BCUT2D eigenvalue weighted by molar-refractivity contribution is 1.12. The summed E-state index contributed by atoms with van der Waals surface area (Å²) in [5, 5.41) is 22.9. The monoisotopic (exact) mass is 891 g/mol. The lowest BCUT2D eigenvalue weighted by Gasteiger charge is -2.57. The molecule has 1 aliphatic heterocycles. The van der Waals surface area contributed by atoms with Gasteiger partial charge in [0, 0.05) is 0 Å². The third kappa shape index (κ3) is 5.91. The van der Waals surface area contributed by atoms with Crippen LogP contribution in [-0.4, -0.2) is 25.2 Å². The van der Waals surface area contributed by atoms with Crippen molar-refractivity contribution in [2.24, 2.45) is 0 Å². The first kappa shape index (κ1) is 39.1. The molecule has 3 N–H and O–H groups in total. The second kappa shape index (κ2) is 15.4. The number of benzene rings is 12. The number of fused-ring (bicyclic) bond motifs is 6. The molecule has 3 nitrogen and oxygen atoms in total. The van der Waals surface area contributed by atoms with Gasteiger partial charge < -0.3 is 13.9 Å². The van der Waals surface area contributed by atoms with E-state index in [1.54, 1.807) is 0 Å². The number of rotatable bonds is 6. The van der Waals surface area contributed by atoms with Gasteiger partial charge >= 0.3 is 0 Å². The zero-order valence-electron chi connectivity index (χ0n) is 36.2. The highest BCUT2D eigenvalue weighted by molar-refractivity contribution is 7.27. The average molecular weight is 892 g/mol. The van der Waals surface area contributed by atoms with Crippen LogP contribution in [0.2, 0.25) is 0 Å². The van der Waals surface area contributed by atoms with Crippen molar-refractivity contribution >= 4 is 121 Å². The predicted molar refractivity (Wildman–Crippen MR) is 288 cm³/mol. The van der Waals surface area contributed by atoms with Gasteiger partial charge in [0.05, 0.1) is 0 Å². The molecule has 0 spiro atoms. The Morgan fingerprint density at radius 1 is 0.167 bits per heavy atom. The van der Waals surface area contributed by atoms with Gasteiger partial charge in [0.25, 0.3) is 25.2 Å². The summed E-state index contributed by atoms with van der Waals surface area (Å²) in [6.07, 6.45) is 0. The van der Waals surface area contributed by atoms with E-state index >= 15 is 0 Å². The third-order valence-electron chi connectivity index (χ3n) is 14.3. The Bertz CT molecular complexity index is 3190. The molecule has 0 atom stereocenters. The first-order valence-electron chi connectivity index (χ1n) is 22.9. The van der Waals surface area contributed by atoms with Crippen molar-refractivity contribution in [1.82, 2.24) is 13.9 Å². The Morgan fingerprint density at radius 3 is 0.500 bits per heavy atom. The van der Waals surface area contributed by atoms with Gasteiger partial charge in [0.15, 0.2) is 0 Å². The molecule has 1 fully saturated rings. The molecule has 1 heterocycles. The van der Waals surface area contributed by atoms with E-state index in [9.17, 15) is 0 Å². The fourth-order valence-electron chi connectivity index (χ4n) is 11.5. The molecule has 0 unspecified atom stereocenters. The topological polar surface area (TPSA) is 36.1 Å². The Morgan fingerprint density at radius 2 is 0.318 bits per heavy atom. The van der Waals surface area contributed by atoms with Crippen LogP contribution in [0, 0.1) is 0 Å². The highest BCUT2D eigenvalue weighted by Crippen LogP contribution is 2.29. The van der Waals surface area contributed by atoms with Crippen molar-refractivity contribution in [2.45, 2.75) is 0 Å². The molecular weight excluding hydrogens is 847 g/mol. The standard InChI is InChI=1S/C60H45N3Si3/c1-7-31-49-43(19-1)25-13-37-55(49)64(56-38-14-26-44-20-2-8-32-50(44)56)61-65(57-39-15-27-45-21-3-9-33-51(45)57,58-40-16-28-46-22-4-10-34-52(46)58)63-66(62-64,59-41-17-29-47-23-5-11-35-53(47)59)60-42-18-30-48-24-6-12-36-54(48)60/h1-42,61-63H. The van der Waals surface area contributed by atoms with Gasteiger partial charge in [-0.3, -0.25) is 0 Å². The summed E-state index contributed by atoms with van der Waals surface area (Å²) in [7, 11) is -10.7. The minimum absolute atomic E-state index is 1.23. The number of nitrogens with one attached hydrogen (secondary N) is 3. The van der Waals surface area contributed by atoms with Crippen molar-refractivity contribution in [3.8, 4) is 0 Å². The molecule has 13 rings (SSSR count). The Kier molecular flexibility index (Phi) is 9.15. The van der Waals surface area contributed by atoms with Crippen LogP contribution in [-0.2, 0) is 0 Å². The van der Waals surface area contributed by atoms with E-state index in [4.69, 9.17) is 13.9 Å². The molecule has 0 saturated carbocycles. The lowest BCUT2D eigenvalue weighted by atomic mass is 10.1. The van der Waals surface area contributed by atoms with Crippen molar-refractivity contribution in [1.29, 1.82) is 0 Å². The highest BCUT2D eigenvalue weighted by atomic mass is 28.5. The summed E-state index contributed by atoms with van der Waals surface area (Å²) in [4.78, 5) is 0. The zero-order valence-corrected chi connectivity index (χ0v) is 39.2. The largest absolute Gasteiger partial charge is 0.321 e. The maximum Gasteiger partial charge on any atom is 0.258 e. The molecule has 12 aromatic carbocycles. The van der Waals surface area contributed by atoms with Crippen LogP contribution in [0.5, 0.6) is 0 Å². The summed E-state index contributed by atoms with van der Waals surface area (Å²) >= 11 is 0. The molecule has 0 amide bonds. The molecule has 66 heavy (non-hydrogen) atoms. The van der Waals surface area contributed by atoms with Gasteiger partial charge in [-0.05, 0) is 95.8 Å². The Balaban J connectivity index is 1.32. The van der Waals surface area contributed by atoms with E-state index in [2.05, 4.69) is 255 Å². The third-order valence-corrected chi connectivity index (χ3v) is 30.8. The normalized spacial score (nSPS) is 15.5. The summed E-state index contributed by atoms with van der Waals surface area (Å²) in [6, 6.07) is 96.3. The van der Waals surface area contributed by atoms with Crippen molar-refractivity contribution in [2.75, 3.05) is 0 Å². The fourth-order valence-corrected chi connectivity index (χ4v) is 33.9. The maximum absolute atomic E-state index is 4.99. The first-order chi connectivity index (χ1) is 32.7. The summed E-state index contributed by atoms with van der Waals surface area (Å²) in [5.41, 5.74) is 0. The van der Waals surface area contributed by atoms with Crippen LogP contribution in [0.15, 0.2) is 255 Å². The minimum atomic E-state index is -3.55. The van der Waals surface area contributed by atoms with E-state index in [0.717, 1.165) is 0 Å². The molecule has 1 aliphatic rings. The average Bonchev–Trinajstić information content (AvgIpc) is 3.39. The number of hydrogen-bond acceptors (Lipinski definition) is 3. The SMILES string of the molecule is c1ccc2c([Si]3(c4cccc5ccccc45)N[Si](c4cccc5ccccc45)(c4cccc5ccccc45)N[Si](c4cccc5ccccc45)(c4cccc5ccccc45)N3)cccc2c1. The Labute approximate surface area is 387 Å². The summed E-state index contributed by atoms with van der Waals surface area (Å²) in [5.74, 6) is 0. The molecule has 0 aromatic heterocycles. The fraction of sp³-hybridized carbons (Fsp3) is 0. The maximum atomic E-state index is 4.99. The minimum Gasteiger partial charge on any atom is -0.321 e. The van der Waals surface area contributed by atoms with E-state index < -0.39 is 25.2 Å². The van der Waals surface area contributed by atoms with Gasteiger partial charge in [-0.1, -0.05) is 255 Å². The van der Waals surface area contributed by atoms with E-state index in [1.807, 2.05) is 0 Å². The van der Waals surface area contributed by atoms with Crippen LogP contribution in [0.1, 0.15) is 0 Å². The zero-order chi connectivity index (χ0) is 43.7. The molecule has 6 heteroatoms.